The summed E-state index contributed by atoms with van der Waals surface area (Å²) in [4.78, 5) is 14.4. The highest BCUT2D eigenvalue weighted by Crippen LogP contribution is 2.19. The fourth-order valence-electron chi connectivity index (χ4n) is 1.60. The summed E-state index contributed by atoms with van der Waals surface area (Å²) in [6.45, 7) is 3.97. The number of rotatable bonds is 3. The minimum atomic E-state index is -1.11. The van der Waals surface area contributed by atoms with Crippen molar-refractivity contribution < 1.29 is 14.3 Å². The van der Waals surface area contributed by atoms with E-state index in [4.69, 9.17) is 9.52 Å². The number of carboxylic acid groups (broad SMARTS) is 1. The van der Waals surface area contributed by atoms with Crippen LogP contribution >= 0.6 is 0 Å². The summed E-state index contributed by atoms with van der Waals surface area (Å²) < 4.78 is 5.01. The maximum atomic E-state index is 10.6. The number of benzene rings is 1. The molecule has 0 aliphatic heterocycles. The van der Waals surface area contributed by atoms with Crippen molar-refractivity contribution >= 4 is 17.7 Å². The monoisotopic (exact) mass is 232 g/mol. The topological polar surface area (TPSA) is 75.4 Å². The molecule has 2 aromatic rings. The van der Waals surface area contributed by atoms with Gasteiger partial charge in [0.05, 0.1) is 0 Å². The quantitative estimate of drug-likeness (QED) is 0.850. The Kier molecular flexibility index (Phi) is 2.82. The number of hydrogen-bond acceptors (Lipinski definition) is 4. The molecule has 2 rings (SSSR count). The van der Waals surface area contributed by atoms with Crippen LogP contribution in [0.4, 0.5) is 11.7 Å². The SMILES string of the molecule is Cc1cc(C)cc(Nc2nc(C(=O)O)co2)c1. The van der Waals surface area contributed by atoms with Gasteiger partial charge < -0.3 is 14.8 Å². The highest BCUT2D eigenvalue weighted by molar-refractivity contribution is 5.85. The zero-order valence-corrected chi connectivity index (χ0v) is 9.52. The van der Waals surface area contributed by atoms with Crippen LogP contribution in [-0.2, 0) is 0 Å². The molecule has 0 atom stereocenters. The zero-order chi connectivity index (χ0) is 12.4. The number of aromatic nitrogens is 1. The number of aromatic carboxylic acids is 1. The van der Waals surface area contributed by atoms with E-state index < -0.39 is 5.97 Å². The Hall–Kier alpha value is -2.30. The van der Waals surface area contributed by atoms with Gasteiger partial charge in [-0.3, -0.25) is 0 Å². The number of nitrogens with zero attached hydrogens (tertiary/aromatic N) is 1. The minimum Gasteiger partial charge on any atom is -0.476 e. The molecule has 0 saturated heterocycles. The summed E-state index contributed by atoms with van der Waals surface area (Å²) in [6, 6.07) is 6.08. The first-order chi connectivity index (χ1) is 8.04. The molecule has 2 N–H and O–H groups in total. The van der Waals surface area contributed by atoms with E-state index in [0.29, 0.717) is 0 Å². The van der Waals surface area contributed by atoms with Gasteiger partial charge in [0.25, 0.3) is 6.01 Å². The number of nitrogens with one attached hydrogen (secondary N) is 1. The van der Waals surface area contributed by atoms with Gasteiger partial charge >= 0.3 is 5.97 Å². The molecule has 17 heavy (non-hydrogen) atoms. The lowest BCUT2D eigenvalue weighted by molar-refractivity contribution is 0.0690. The van der Waals surface area contributed by atoms with Crippen LogP contribution in [0, 0.1) is 13.8 Å². The summed E-state index contributed by atoms with van der Waals surface area (Å²) in [6.07, 6.45) is 1.10. The highest BCUT2D eigenvalue weighted by atomic mass is 16.4. The average Bonchev–Trinajstić information content (AvgIpc) is 2.64. The third-order valence-corrected chi connectivity index (χ3v) is 2.20. The van der Waals surface area contributed by atoms with E-state index in [1.165, 1.54) is 0 Å². The first kappa shape index (κ1) is 11.2. The fourth-order valence-corrected chi connectivity index (χ4v) is 1.60. The van der Waals surface area contributed by atoms with Crippen LogP contribution in [0.5, 0.6) is 0 Å². The molecule has 1 heterocycles. The minimum absolute atomic E-state index is 0.114. The first-order valence-electron chi connectivity index (χ1n) is 5.09. The van der Waals surface area contributed by atoms with Gasteiger partial charge in [-0.15, -0.1) is 0 Å². The molecular formula is C12H12N2O3. The van der Waals surface area contributed by atoms with E-state index in [1.807, 2.05) is 32.0 Å². The lowest BCUT2D eigenvalue weighted by Crippen LogP contribution is -1.97. The van der Waals surface area contributed by atoms with Crippen molar-refractivity contribution in [1.82, 2.24) is 4.98 Å². The molecule has 0 fully saturated rings. The third-order valence-electron chi connectivity index (χ3n) is 2.20. The third kappa shape index (κ3) is 2.63. The first-order valence-corrected chi connectivity index (χ1v) is 5.09. The molecule has 1 aromatic carbocycles. The predicted molar refractivity (Wildman–Crippen MR) is 62.7 cm³/mol. The molecule has 0 aliphatic carbocycles. The van der Waals surface area contributed by atoms with Crippen LogP contribution in [0.15, 0.2) is 28.9 Å². The maximum Gasteiger partial charge on any atom is 0.357 e. The Morgan fingerprint density at radius 3 is 2.47 bits per heavy atom. The summed E-state index contributed by atoms with van der Waals surface area (Å²) in [7, 11) is 0. The van der Waals surface area contributed by atoms with Gasteiger partial charge in [0.1, 0.15) is 6.26 Å². The van der Waals surface area contributed by atoms with Gasteiger partial charge in [-0.1, -0.05) is 6.07 Å². The van der Waals surface area contributed by atoms with Gasteiger partial charge in [0.2, 0.25) is 0 Å². The molecule has 0 amide bonds. The van der Waals surface area contributed by atoms with E-state index in [0.717, 1.165) is 23.1 Å². The van der Waals surface area contributed by atoms with Crippen molar-refractivity contribution in [2.45, 2.75) is 13.8 Å². The lowest BCUT2D eigenvalue weighted by atomic mass is 10.1. The van der Waals surface area contributed by atoms with Crippen molar-refractivity contribution in [2.24, 2.45) is 0 Å². The largest absolute Gasteiger partial charge is 0.476 e. The van der Waals surface area contributed by atoms with Gasteiger partial charge in [0.15, 0.2) is 5.69 Å². The van der Waals surface area contributed by atoms with E-state index in [1.54, 1.807) is 0 Å². The molecule has 0 radical (unpaired) electrons. The second-order valence-corrected chi connectivity index (χ2v) is 3.84. The Balaban J connectivity index is 2.22. The molecule has 0 saturated carbocycles. The van der Waals surface area contributed by atoms with Gasteiger partial charge in [0, 0.05) is 5.69 Å². The Morgan fingerprint density at radius 1 is 1.29 bits per heavy atom. The second kappa shape index (κ2) is 4.29. The van der Waals surface area contributed by atoms with Gasteiger partial charge in [-0.25, -0.2) is 4.79 Å². The summed E-state index contributed by atoms with van der Waals surface area (Å²) in [5.41, 5.74) is 2.92. The number of carbonyl (C=O) groups is 1. The molecule has 1 aromatic heterocycles. The lowest BCUT2D eigenvalue weighted by Gasteiger charge is -2.04. The van der Waals surface area contributed by atoms with Crippen molar-refractivity contribution in [3.8, 4) is 0 Å². The number of aryl methyl sites for hydroxylation is 2. The molecular weight excluding hydrogens is 220 g/mol. The predicted octanol–water partition coefficient (Wildman–Crippen LogP) is 2.73. The van der Waals surface area contributed by atoms with Crippen LogP contribution in [0.2, 0.25) is 0 Å². The number of hydrogen-bond donors (Lipinski definition) is 2. The molecule has 5 heteroatoms. The second-order valence-electron chi connectivity index (χ2n) is 3.84. The zero-order valence-electron chi connectivity index (χ0n) is 9.52. The van der Waals surface area contributed by atoms with Gasteiger partial charge in [-0.2, -0.15) is 4.98 Å². The maximum absolute atomic E-state index is 10.6. The van der Waals surface area contributed by atoms with E-state index in [-0.39, 0.29) is 11.7 Å². The van der Waals surface area contributed by atoms with Crippen LogP contribution in [-0.4, -0.2) is 16.1 Å². The van der Waals surface area contributed by atoms with Gasteiger partial charge in [-0.05, 0) is 37.1 Å². The number of carboxylic acids is 1. The summed E-state index contributed by atoms with van der Waals surface area (Å²) >= 11 is 0. The molecule has 88 valence electrons. The fraction of sp³-hybridized carbons (Fsp3) is 0.167. The Morgan fingerprint density at radius 2 is 1.94 bits per heavy atom. The average molecular weight is 232 g/mol. The Labute approximate surface area is 98.1 Å². The van der Waals surface area contributed by atoms with E-state index in [9.17, 15) is 4.79 Å². The van der Waals surface area contributed by atoms with Crippen molar-refractivity contribution in [1.29, 1.82) is 0 Å². The molecule has 0 unspecified atom stereocenters. The highest BCUT2D eigenvalue weighted by Gasteiger charge is 2.10. The molecule has 0 bridgehead atoms. The van der Waals surface area contributed by atoms with Crippen LogP contribution in [0.3, 0.4) is 0 Å². The molecule has 0 aliphatic rings. The van der Waals surface area contributed by atoms with E-state index >= 15 is 0 Å². The van der Waals surface area contributed by atoms with Crippen molar-refractivity contribution in [2.75, 3.05) is 5.32 Å². The Bertz CT molecular complexity index is 540. The smallest absolute Gasteiger partial charge is 0.357 e. The number of anilines is 2. The standard InChI is InChI=1S/C12H12N2O3/c1-7-3-8(2)5-9(4-7)13-12-14-10(6-17-12)11(15)16/h3-6H,1-2H3,(H,13,14)(H,15,16). The normalized spacial score (nSPS) is 10.2. The molecule has 0 spiro atoms. The number of oxazole rings is 1. The van der Waals surface area contributed by atoms with Crippen LogP contribution < -0.4 is 5.32 Å². The van der Waals surface area contributed by atoms with Crippen molar-refractivity contribution in [3.05, 3.63) is 41.3 Å². The van der Waals surface area contributed by atoms with E-state index in [2.05, 4.69) is 10.3 Å². The molecule has 5 nitrogen and oxygen atoms in total. The van der Waals surface area contributed by atoms with Crippen molar-refractivity contribution in [3.63, 3.8) is 0 Å². The van der Waals surface area contributed by atoms with Crippen LogP contribution in [0.25, 0.3) is 0 Å². The summed E-state index contributed by atoms with van der Waals surface area (Å²) in [5.74, 6) is -1.11. The van der Waals surface area contributed by atoms with Crippen LogP contribution in [0.1, 0.15) is 21.6 Å². The summed E-state index contributed by atoms with van der Waals surface area (Å²) in [5, 5.41) is 11.6.